The number of allylic oxidation sites excluding steroid dienone is 2. The Labute approximate surface area is 246 Å². The van der Waals surface area contributed by atoms with Crippen LogP contribution in [0.5, 0.6) is 11.5 Å². The molecule has 1 atom stereocenters. The molecule has 0 bridgehead atoms. The highest BCUT2D eigenvalue weighted by Crippen LogP contribution is 2.33. The van der Waals surface area contributed by atoms with Crippen LogP contribution in [0, 0.1) is 0 Å². The summed E-state index contributed by atoms with van der Waals surface area (Å²) in [7, 11) is 0. The minimum atomic E-state index is 0.260. The zero-order valence-corrected chi connectivity index (χ0v) is 23.5. The van der Waals surface area contributed by atoms with Gasteiger partial charge in [0.15, 0.2) is 5.84 Å². The summed E-state index contributed by atoms with van der Waals surface area (Å²) >= 11 is 0. The van der Waals surface area contributed by atoms with Gasteiger partial charge in [0, 0.05) is 23.4 Å². The summed E-state index contributed by atoms with van der Waals surface area (Å²) in [6.07, 6.45) is 9.65. The van der Waals surface area contributed by atoms with Crippen LogP contribution in [0.2, 0.25) is 0 Å². The topological polar surface area (TPSA) is 46.9 Å². The van der Waals surface area contributed by atoms with Crippen molar-refractivity contribution in [1.29, 1.82) is 0 Å². The van der Waals surface area contributed by atoms with Gasteiger partial charge in [-0.3, -0.25) is 0 Å². The second-order valence-corrected chi connectivity index (χ2v) is 10.5. The van der Waals surface area contributed by atoms with Gasteiger partial charge in [0.2, 0.25) is 0 Å². The average Bonchev–Trinajstić information content (AvgIpc) is 3.67. The number of hydrazone groups is 2. The molecule has 0 saturated heterocycles. The van der Waals surface area contributed by atoms with E-state index in [0.717, 1.165) is 52.2 Å². The van der Waals surface area contributed by atoms with Crippen LogP contribution in [0.3, 0.4) is 0 Å². The predicted molar refractivity (Wildman–Crippen MR) is 171 cm³/mol. The highest BCUT2D eigenvalue weighted by atomic mass is 16.5. The molecule has 7 heteroatoms. The fourth-order valence-electron chi connectivity index (χ4n) is 5.49. The van der Waals surface area contributed by atoms with Crippen LogP contribution in [-0.2, 0) is 0 Å². The number of amidine groups is 2. The second kappa shape index (κ2) is 11.3. The van der Waals surface area contributed by atoms with Crippen molar-refractivity contribution in [2.24, 2.45) is 10.2 Å². The van der Waals surface area contributed by atoms with E-state index in [1.807, 2.05) is 72.6 Å². The summed E-state index contributed by atoms with van der Waals surface area (Å²) < 4.78 is 6.37. The molecule has 0 spiro atoms. The van der Waals surface area contributed by atoms with Crippen LogP contribution in [-0.4, -0.2) is 36.0 Å². The number of ether oxygens (including phenoxy) is 1. The van der Waals surface area contributed by atoms with Gasteiger partial charge in [-0.1, -0.05) is 85.0 Å². The molecule has 1 aliphatic carbocycles. The molecule has 42 heavy (non-hydrogen) atoms. The lowest BCUT2D eigenvalue weighted by Gasteiger charge is -2.29. The fourth-order valence-corrected chi connectivity index (χ4v) is 5.49. The van der Waals surface area contributed by atoms with Gasteiger partial charge in [-0.15, -0.1) is 0 Å². The van der Waals surface area contributed by atoms with Gasteiger partial charge in [-0.05, 0) is 49.7 Å². The number of hydrogen-bond donors (Lipinski definition) is 0. The minimum absolute atomic E-state index is 0.260. The van der Waals surface area contributed by atoms with Crippen molar-refractivity contribution in [1.82, 2.24) is 4.90 Å². The van der Waals surface area contributed by atoms with Crippen LogP contribution in [0.4, 0.5) is 17.1 Å². The Morgan fingerprint density at radius 3 is 1.98 bits per heavy atom. The normalized spacial score (nSPS) is 18.0. The first-order valence-electron chi connectivity index (χ1n) is 14.3. The monoisotopic (exact) mass is 552 g/mol. The van der Waals surface area contributed by atoms with Crippen molar-refractivity contribution in [2.45, 2.75) is 19.4 Å². The van der Waals surface area contributed by atoms with Gasteiger partial charge in [0.1, 0.15) is 30.7 Å². The molecular formula is C35H32N6O. The van der Waals surface area contributed by atoms with Crippen molar-refractivity contribution in [2.75, 3.05) is 28.3 Å². The SMILES string of the molecule is CC1=NN(c2cccc(Oc3cccc(N4CN([C@@H]5C=CC=CC5)C(c5ccccc5)=N4)c3)c2)CN1c1ccccc1. The average molecular weight is 553 g/mol. The standard InChI is InChI=1S/C35H32N6O/c1-27-36-40(25-38(27)29-15-7-3-8-16-29)31-19-11-21-33(23-31)42-34-22-12-20-32(24-34)41-26-39(30-17-9-4-10-18-30)35(37-41)28-13-5-2-6-14-28/h2-17,19-24,30H,18,25-26H2,1H3/t30-/m1/s1. The Morgan fingerprint density at radius 2 is 1.31 bits per heavy atom. The van der Waals surface area contributed by atoms with Crippen LogP contribution in [0.1, 0.15) is 18.9 Å². The molecule has 208 valence electrons. The zero-order chi connectivity index (χ0) is 28.3. The molecule has 0 radical (unpaired) electrons. The number of hydrogen-bond acceptors (Lipinski definition) is 7. The quantitative estimate of drug-likeness (QED) is 0.239. The van der Waals surface area contributed by atoms with E-state index in [9.17, 15) is 0 Å². The first-order valence-corrected chi connectivity index (χ1v) is 14.3. The number of rotatable bonds is 7. The third-order valence-electron chi connectivity index (χ3n) is 7.63. The summed E-state index contributed by atoms with van der Waals surface area (Å²) in [4.78, 5) is 4.56. The summed E-state index contributed by atoms with van der Waals surface area (Å²) in [5.74, 6) is 3.44. The van der Waals surface area contributed by atoms with Gasteiger partial charge < -0.3 is 14.5 Å². The van der Waals surface area contributed by atoms with E-state index >= 15 is 0 Å². The third-order valence-corrected chi connectivity index (χ3v) is 7.63. The smallest absolute Gasteiger partial charge is 0.158 e. The highest BCUT2D eigenvalue weighted by molar-refractivity contribution is 6.01. The molecule has 7 rings (SSSR count). The first-order chi connectivity index (χ1) is 20.7. The van der Waals surface area contributed by atoms with Crippen molar-refractivity contribution in [3.63, 3.8) is 0 Å². The summed E-state index contributed by atoms with van der Waals surface area (Å²) in [5, 5.41) is 13.9. The van der Waals surface area contributed by atoms with Gasteiger partial charge >= 0.3 is 0 Å². The minimum Gasteiger partial charge on any atom is -0.457 e. The molecule has 4 aromatic carbocycles. The fraction of sp³-hybridized carbons (Fsp3) is 0.143. The maximum absolute atomic E-state index is 6.37. The van der Waals surface area contributed by atoms with Crippen molar-refractivity contribution in [3.05, 3.63) is 139 Å². The van der Waals surface area contributed by atoms with E-state index in [1.54, 1.807) is 0 Å². The number of benzene rings is 4. The molecule has 2 heterocycles. The highest BCUT2D eigenvalue weighted by Gasteiger charge is 2.30. The van der Waals surface area contributed by atoms with Crippen LogP contribution in [0.15, 0.2) is 144 Å². The van der Waals surface area contributed by atoms with Crippen molar-refractivity contribution < 1.29 is 4.74 Å². The number of para-hydroxylation sites is 1. The zero-order valence-electron chi connectivity index (χ0n) is 23.5. The lowest BCUT2D eigenvalue weighted by molar-refractivity contribution is 0.381. The van der Waals surface area contributed by atoms with Crippen molar-refractivity contribution >= 4 is 28.7 Å². The molecule has 0 fully saturated rings. The maximum atomic E-state index is 6.37. The molecule has 3 aliphatic rings. The molecule has 4 aromatic rings. The van der Waals surface area contributed by atoms with E-state index in [0.29, 0.717) is 13.3 Å². The van der Waals surface area contributed by atoms with E-state index < -0.39 is 0 Å². The number of nitrogens with zero attached hydrogens (tertiary/aromatic N) is 6. The molecule has 0 saturated carbocycles. The Bertz CT molecular complexity index is 1680. The summed E-state index contributed by atoms with van der Waals surface area (Å²) in [5.41, 5.74) is 4.19. The predicted octanol–water partition coefficient (Wildman–Crippen LogP) is 7.42. The lowest BCUT2D eigenvalue weighted by Crippen LogP contribution is -2.39. The molecule has 7 nitrogen and oxygen atoms in total. The summed E-state index contributed by atoms with van der Waals surface area (Å²) in [6, 6.07) is 37.2. The van der Waals surface area contributed by atoms with E-state index in [4.69, 9.17) is 14.9 Å². The Morgan fingerprint density at radius 1 is 0.667 bits per heavy atom. The van der Waals surface area contributed by atoms with Crippen molar-refractivity contribution in [3.8, 4) is 11.5 Å². The van der Waals surface area contributed by atoms with Crippen LogP contribution >= 0.6 is 0 Å². The largest absolute Gasteiger partial charge is 0.457 e. The molecule has 2 aliphatic heterocycles. The molecule has 0 unspecified atom stereocenters. The Kier molecular flexibility index (Phi) is 6.90. The Balaban J connectivity index is 1.10. The van der Waals surface area contributed by atoms with E-state index in [1.165, 1.54) is 0 Å². The van der Waals surface area contributed by atoms with Gasteiger partial charge in [-0.25, -0.2) is 10.0 Å². The first kappa shape index (κ1) is 25.7. The van der Waals surface area contributed by atoms with Gasteiger partial charge in [0.05, 0.1) is 17.4 Å². The van der Waals surface area contributed by atoms with Gasteiger partial charge in [-0.2, -0.15) is 10.2 Å². The summed E-state index contributed by atoms with van der Waals surface area (Å²) in [6.45, 7) is 3.34. The Hall–Kier alpha value is -5.30. The van der Waals surface area contributed by atoms with Crippen LogP contribution in [0.25, 0.3) is 0 Å². The van der Waals surface area contributed by atoms with Crippen LogP contribution < -0.4 is 19.7 Å². The second-order valence-electron chi connectivity index (χ2n) is 10.5. The van der Waals surface area contributed by atoms with E-state index in [2.05, 4.69) is 87.6 Å². The third kappa shape index (κ3) is 5.24. The molecule has 0 amide bonds. The van der Waals surface area contributed by atoms with Gasteiger partial charge in [0.25, 0.3) is 0 Å². The molecular weight excluding hydrogens is 520 g/mol. The number of anilines is 3. The molecule has 0 N–H and O–H groups in total. The maximum Gasteiger partial charge on any atom is 0.158 e. The van der Waals surface area contributed by atoms with E-state index in [-0.39, 0.29) is 6.04 Å². The lowest BCUT2D eigenvalue weighted by atomic mass is 10.1. The molecule has 0 aromatic heterocycles.